The van der Waals surface area contributed by atoms with Crippen LogP contribution in [-0.2, 0) is 9.53 Å². The number of hydrogen-bond acceptors (Lipinski definition) is 7. The lowest BCUT2D eigenvalue weighted by atomic mass is 10.1. The number of esters is 1. The molecule has 27 heavy (non-hydrogen) atoms. The number of nitrogens with one attached hydrogen (secondary N) is 1. The van der Waals surface area contributed by atoms with E-state index in [0.29, 0.717) is 31.2 Å². The molecule has 0 spiro atoms. The van der Waals surface area contributed by atoms with Crippen LogP contribution in [0.5, 0.6) is 0 Å². The Kier molecular flexibility index (Phi) is 6.80. The molecule has 1 aromatic carbocycles. The Morgan fingerprint density at radius 2 is 2.11 bits per heavy atom. The highest BCUT2D eigenvalue weighted by Crippen LogP contribution is 2.30. The Bertz CT molecular complexity index is 791. The molecule has 0 radical (unpaired) electrons. The van der Waals surface area contributed by atoms with Crippen LogP contribution in [0.4, 0.5) is 5.13 Å². The molecule has 142 valence electrons. The summed E-state index contributed by atoms with van der Waals surface area (Å²) in [4.78, 5) is 18.9. The maximum atomic E-state index is 11.8. The fourth-order valence-electron chi connectivity index (χ4n) is 3.24. The quantitative estimate of drug-likeness (QED) is 0.739. The van der Waals surface area contributed by atoms with E-state index in [4.69, 9.17) is 15.0 Å². The van der Waals surface area contributed by atoms with Gasteiger partial charge in [-0.15, -0.1) is 11.3 Å². The van der Waals surface area contributed by atoms with Gasteiger partial charge in [0, 0.05) is 23.5 Å². The first-order valence-electron chi connectivity index (χ1n) is 9.30. The van der Waals surface area contributed by atoms with Crippen LogP contribution in [0, 0.1) is 11.3 Å². The van der Waals surface area contributed by atoms with Crippen molar-refractivity contribution in [1.29, 1.82) is 5.26 Å². The van der Waals surface area contributed by atoms with Crippen molar-refractivity contribution in [1.82, 2.24) is 10.3 Å². The number of hydrogen-bond donors (Lipinski definition) is 1. The second-order valence-corrected chi connectivity index (χ2v) is 7.27. The Morgan fingerprint density at radius 3 is 2.78 bits per heavy atom. The normalized spacial score (nSPS) is 14.5. The number of benzene rings is 1. The lowest BCUT2D eigenvalue weighted by Gasteiger charge is -2.34. The minimum atomic E-state index is -0.166. The summed E-state index contributed by atoms with van der Waals surface area (Å²) in [7, 11) is 0. The lowest BCUT2D eigenvalue weighted by molar-refractivity contribution is -0.142. The van der Waals surface area contributed by atoms with E-state index in [0.717, 1.165) is 42.3 Å². The number of rotatable bonds is 7. The monoisotopic (exact) mass is 384 g/mol. The highest BCUT2D eigenvalue weighted by molar-refractivity contribution is 7.14. The first kappa shape index (κ1) is 19.3. The van der Waals surface area contributed by atoms with Gasteiger partial charge in [0.05, 0.1) is 30.4 Å². The molecule has 7 heteroatoms. The van der Waals surface area contributed by atoms with Crippen LogP contribution < -0.4 is 10.2 Å². The number of anilines is 1. The zero-order valence-electron chi connectivity index (χ0n) is 15.5. The average Bonchev–Trinajstić information content (AvgIpc) is 3.19. The molecule has 1 aromatic heterocycles. The molecule has 0 aliphatic carbocycles. The predicted molar refractivity (Wildman–Crippen MR) is 107 cm³/mol. The number of carbonyl (C=O) groups excluding carboxylic acids is 1. The van der Waals surface area contributed by atoms with E-state index in [1.165, 1.54) is 0 Å². The van der Waals surface area contributed by atoms with Crippen molar-refractivity contribution in [2.75, 3.05) is 31.1 Å². The van der Waals surface area contributed by atoms with Crippen LogP contribution >= 0.6 is 11.3 Å². The zero-order valence-corrected chi connectivity index (χ0v) is 16.3. The number of nitrogens with zero attached hydrogens (tertiary/aromatic N) is 3. The van der Waals surface area contributed by atoms with Crippen molar-refractivity contribution in [2.45, 2.75) is 32.2 Å². The number of nitriles is 1. The topological polar surface area (TPSA) is 78.2 Å². The van der Waals surface area contributed by atoms with Gasteiger partial charge in [0.15, 0.2) is 5.13 Å². The van der Waals surface area contributed by atoms with Gasteiger partial charge in [-0.3, -0.25) is 4.79 Å². The molecule has 1 N–H and O–H groups in total. The smallest absolute Gasteiger partial charge is 0.307 e. The standard InChI is InChI=1S/C20H24N4O2S/c1-2-26-19(25)9-12-24(17-7-10-22-11-8-17)20-23-18(14-27-20)16-5-3-15(13-21)4-6-16/h3-6,14,17,22H,2,7-12H2,1H3. The van der Waals surface area contributed by atoms with Crippen LogP contribution in [0.15, 0.2) is 29.6 Å². The van der Waals surface area contributed by atoms with Crippen molar-refractivity contribution < 1.29 is 9.53 Å². The summed E-state index contributed by atoms with van der Waals surface area (Å²) >= 11 is 1.60. The van der Waals surface area contributed by atoms with E-state index in [-0.39, 0.29) is 5.97 Å². The van der Waals surface area contributed by atoms with Gasteiger partial charge >= 0.3 is 5.97 Å². The second kappa shape index (κ2) is 9.49. The van der Waals surface area contributed by atoms with Gasteiger partial charge in [-0.2, -0.15) is 5.26 Å². The van der Waals surface area contributed by atoms with E-state index in [1.54, 1.807) is 23.5 Å². The third kappa shape index (κ3) is 5.06. The summed E-state index contributed by atoms with van der Waals surface area (Å²) in [6.45, 7) is 4.81. The van der Waals surface area contributed by atoms with E-state index < -0.39 is 0 Å². The van der Waals surface area contributed by atoms with Gasteiger partial charge in [-0.1, -0.05) is 12.1 Å². The number of ether oxygens (including phenoxy) is 1. The van der Waals surface area contributed by atoms with Crippen molar-refractivity contribution in [2.24, 2.45) is 0 Å². The highest BCUT2D eigenvalue weighted by atomic mass is 32.1. The van der Waals surface area contributed by atoms with E-state index >= 15 is 0 Å². The van der Waals surface area contributed by atoms with Gasteiger partial charge in [-0.25, -0.2) is 4.98 Å². The van der Waals surface area contributed by atoms with Gasteiger partial charge < -0.3 is 15.0 Å². The summed E-state index contributed by atoms with van der Waals surface area (Å²) in [5.41, 5.74) is 2.53. The molecule has 1 fully saturated rings. The largest absolute Gasteiger partial charge is 0.466 e. The maximum Gasteiger partial charge on any atom is 0.307 e. The molecule has 0 amide bonds. The maximum absolute atomic E-state index is 11.8. The summed E-state index contributed by atoms with van der Waals surface area (Å²) in [5, 5.41) is 15.3. The molecule has 0 atom stereocenters. The van der Waals surface area contributed by atoms with Crippen molar-refractivity contribution >= 4 is 22.4 Å². The van der Waals surface area contributed by atoms with Crippen molar-refractivity contribution in [3.05, 3.63) is 35.2 Å². The molecule has 0 saturated carbocycles. The summed E-state index contributed by atoms with van der Waals surface area (Å²) in [6.07, 6.45) is 2.44. The molecule has 2 heterocycles. The summed E-state index contributed by atoms with van der Waals surface area (Å²) in [5.74, 6) is -0.166. The fourth-order valence-corrected chi connectivity index (χ4v) is 4.17. The predicted octanol–water partition coefficient (Wildman–Crippen LogP) is 3.19. The van der Waals surface area contributed by atoms with Gasteiger partial charge in [0.25, 0.3) is 0 Å². The molecular weight excluding hydrogens is 360 g/mol. The molecule has 0 bridgehead atoms. The van der Waals surface area contributed by atoms with Crippen LogP contribution in [0.25, 0.3) is 11.3 Å². The zero-order chi connectivity index (χ0) is 19.1. The first-order valence-corrected chi connectivity index (χ1v) is 10.2. The summed E-state index contributed by atoms with van der Waals surface area (Å²) < 4.78 is 5.09. The third-order valence-corrected chi connectivity index (χ3v) is 5.54. The number of carbonyl (C=O) groups is 1. The van der Waals surface area contributed by atoms with Gasteiger partial charge in [-0.05, 0) is 45.0 Å². The van der Waals surface area contributed by atoms with Gasteiger partial charge in [0.1, 0.15) is 0 Å². The van der Waals surface area contributed by atoms with E-state index in [9.17, 15) is 4.79 Å². The molecule has 3 rings (SSSR count). The van der Waals surface area contributed by atoms with Crippen LogP contribution in [0.2, 0.25) is 0 Å². The van der Waals surface area contributed by atoms with E-state index in [2.05, 4.69) is 16.3 Å². The molecule has 6 nitrogen and oxygen atoms in total. The molecule has 1 aliphatic heterocycles. The Morgan fingerprint density at radius 1 is 1.37 bits per heavy atom. The average molecular weight is 385 g/mol. The molecular formula is C20H24N4O2S. The Balaban J connectivity index is 1.77. The molecule has 2 aromatic rings. The Labute approximate surface area is 163 Å². The van der Waals surface area contributed by atoms with Crippen LogP contribution in [0.1, 0.15) is 31.7 Å². The minimum Gasteiger partial charge on any atom is -0.466 e. The van der Waals surface area contributed by atoms with Crippen LogP contribution in [-0.4, -0.2) is 43.2 Å². The number of aromatic nitrogens is 1. The lowest BCUT2D eigenvalue weighted by Crippen LogP contribution is -2.44. The first-order chi connectivity index (χ1) is 13.2. The minimum absolute atomic E-state index is 0.166. The second-order valence-electron chi connectivity index (χ2n) is 6.43. The van der Waals surface area contributed by atoms with Crippen LogP contribution in [0.3, 0.4) is 0 Å². The fraction of sp³-hybridized carbons (Fsp3) is 0.450. The van der Waals surface area contributed by atoms with Crippen molar-refractivity contribution in [3.8, 4) is 17.3 Å². The number of thiazole rings is 1. The number of piperidine rings is 1. The molecule has 0 unspecified atom stereocenters. The highest BCUT2D eigenvalue weighted by Gasteiger charge is 2.24. The van der Waals surface area contributed by atoms with Crippen molar-refractivity contribution in [3.63, 3.8) is 0 Å². The SMILES string of the molecule is CCOC(=O)CCN(c1nc(-c2ccc(C#N)cc2)cs1)C1CCNCC1. The van der Waals surface area contributed by atoms with E-state index in [1.807, 2.05) is 24.4 Å². The third-order valence-electron chi connectivity index (χ3n) is 4.66. The summed E-state index contributed by atoms with van der Waals surface area (Å²) in [6, 6.07) is 9.96. The molecule has 1 aliphatic rings. The molecule has 1 saturated heterocycles. The Hall–Kier alpha value is -2.43. The van der Waals surface area contributed by atoms with Gasteiger partial charge in [0.2, 0.25) is 0 Å².